The molecule has 1 fully saturated rings. The maximum absolute atomic E-state index is 12.9. The van der Waals surface area contributed by atoms with E-state index in [2.05, 4.69) is 10.2 Å². The lowest BCUT2D eigenvalue weighted by Crippen LogP contribution is -2.47. The van der Waals surface area contributed by atoms with Crippen LogP contribution in [0.1, 0.15) is 12.5 Å². The normalized spacial score (nSPS) is 16.9. The van der Waals surface area contributed by atoms with Crippen molar-refractivity contribution in [2.45, 2.75) is 24.8 Å². The largest absolute Gasteiger partial charge is 0.481 e. The number of nitrogens with one attached hydrogen (secondary N) is 1. The molecule has 0 bridgehead atoms. The number of benzene rings is 2. The van der Waals surface area contributed by atoms with Gasteiger partial charge >= 0.3 is 0 Å². The summed E-state index contributed by atoms with van der Waals surface area (Å²) < 4.78 is 33.0. The van der Waals surface area contributed by atoms with Gasteiger partial charge in [0, 0.05) is 31.9 Å². The second-order valence-corrected chi connectivity index (χ2v) is 9.24. The third-order valence-electron chi connectivity index (χ3n) is 4.90. The van der Waals surface area contributed by atoms with Crippen LogP contribution >= 0.6 is 0 Å². The fourth-order valence-corrected chi connectivity index (χ4v) is 4.50. The van der Waals surface area contributed by atoms with Crippen LogP contribution in [-0.4, -0.2) is 62.9 Å². The molecule has 1 aliphatic heterocycles. The number of amides is 1. The Balaban J connectivity index is 1.67. The standard InChI is InChI=1S/C21H27N3O4S/c1-16-7-9-19(10-8-16)28-17(2)21(25)22-18-5-4-6-20(15-18)29(26,27)24-13-11-23(3)12-14-24/h4-10,15,17H,11-14H2,1-3H3,(H,22,25). The highest BCUT2D eigenvalue weighted by Gasteiger charge is 2.27. The number of hydrogen-bond donors (Lipinski definition) is 1. The van der Waals surface area contributed by atoms with Gasteiger partial charge in [-0.05, 0) is 51.2 Å². The van der Waals surface area contributed by atoms with E-state index in [-0.39, 0.29) is 10.8 Å². The van der Waals surface area contributed by atoms with Crippen LogP contribution in [0.3, 0.4) is 0 Å². The number of aryl methyl sites for hydroxylation is 1. The Kier molecular flexibility index (Phi) is 6.56. The van der Waals surface area contributed by atoms with E-state index in [1.807, 2.05) is 38.2 Å². The van der Waals surface area contributed by atoms with Gasteiger partial charge in [-0.15, -0.1) is 0 Å². The van der Waals surface area contributed by atoms with Crippen LogP contribution < -0.4 is 10.1 Å². The molecule has 0 aromatic heterocycles. The summed E-state index contributed by atoms with van der Waals surface area (Å²) in [4.78, 5) is 14.7. The average Bonchev–Trinajstić information content (AvgIpc) is 2.70. The van der Waals surface area contributed by atoms with Gasteiger partial charge in [-0.1, -0.05) is 23.8 Å². The van der Waals surface area contributed by atoms with Gasteiger partial charge in [0.05, 0.1) is 4.90 Å². The van der Waals surface area contributed by atoms with Crippen LogP contribution in [-0.2, 0) is 14.8 Å². The molecule has 1 unspecified atom stereocenters. The number of nitrogens with zero attached hydrogens (tertiary/aromatic N) is 2. The van der Waals surface area contributed by atoms with Crippen LogP contribution in [0.15, 0.2) is 53.4 Å². The number of rotatable bonds is 6. The van der Waals surface area contributed by atoms with Gasteiger partial charge in [-0.25, -0.2) is 8.42 Å². The van der Waals surface area contributed by atoms with Crippen molar-refractivity contribution in [1.82, 2.24) is 9.21 Å². The minimum Gasteiger partial charge on any atom is -0.481 e. The van der Waals surface area contributed by atoms with Crippen LogP contribution in [0.4, 0.5) is 5.69 Å². The number of hydrogen-bond acceptors (Lipinski definition) is 5. The molecule has 0 saturated carbocycles. The molecule has 3 rings (SSSR count). The summed E-state index contributed by atoms with van der Waals surface area (Å²) in [6, 6.07) is 13.8. The number of carbonyl (C=O) groups excluding carboxylic acids is 1. The second kappa shape index (κ2) is 8.94. The molecular weight excluding hydrogens is 390 g/mol. The number of likely N-dealkylation sites (N-methyl/N-ethyl adjacent to an activating group) is 1. The molecule has 0 aliphatic carbocycles. The molecule has 1 amide bonds. The van der Waals surface area contributed by atoms with Crippen molar-refractivity contribution in [3.05, 3.63) is 54.1 Å². The van der Waals surface area contributed by atoms with Gasteiger partial charge < -0.3 is 15.0 Å². The molecule has 1 aliphatic rings. The first-order valence-corrected chi connectivity index (χ1v) is 11.0. The van der Waals surface area contributed by atoms with Crippen molar-refractivity contribution in [1.29, 1.82) is 0 Å². The lowest BCUT2D eigenvalue weighted by Gasteiger charge is -2.31. The summed E-state index contributed by atoms with van der Waals surface area (Å²) in [5.74, 6) is 0.254. The topological polar surface area (TPSA) is 78.9 Å². The minimum absolute atomic E-state index is 0.173. The predicted molar refractivity (Wildman–Crippen MR) is 113 cm³/mol. The molecular formula is C21H27N3O4S. The predicted octanol–water partition coefficient (Wildman–Crippen LogP) is 2.34. The molecule has 0 spiro atoms. The Labute approximate surface area is 172 Å². The minimum atomic E-state index is -3.59. The van der Waals surface area contributed by atoms with Crippen molar-refractivity contribution in [3.8, 4) is 5.75 Å². The number of ether oxygens (including phenoxy) is 1. The van der Waals surface area contributed by atoms with Crippen LogP contribution in [0.2, 0.25) is 0 Å². The van der Waals surface area contributed by atoms with Gasteiger partial charge in [0.25, 0.3) is 5.91 Å². The van der Waals surface area contributed by atoms with E-state index in [1.54, 1.807) is 25.1 Å². The Morgan fingerprint density at radius 2 is 1.72 bits per heavy atom. The molecule has 2 aromatic rings. The number of piperazine rings is 1. The highest BCUT2D eigenvalue weighted by molar-refractivity contribution is 7.89. The van der Waals surface area contributed by atoms with Gasteiger partial charge in [0.2, 0.25) is 10.0 Å². The van der Waals surface area contributed by atoms with Gasteiger partial charge in [-0.2, -0.15) is 4.31 Å². The van der Waals surface area contributed by atoms with E-state index >= 15 is 0 Å². The van der Waals surface area contributed by atoms with E-state index in [0.29, 0.717) is 37.6 Å². The van der Waals surface area contributed by atoms with Gasteiger partial charge in [0.1, 0.15) is 5.75 Å². The van der Waals surface area contributed by atoms with E-state index in [1.165, 1.54) is 10.4 Å². The van der Waals surface area contributed by atoms with Crippen LogP contribution in [0, 0.1) is 6.92 Å². The number of anilines is 1. The summed E-state index contributed by atoms with van der Waals surface area (Å²) in [7, 11) is -1.62. The molecule has 1 heterocycles. The summed E-state index contributed by atoms with van der Waals surface area (Å²) >= 11 is 0. The lowest BCUT2D eigenvalue weighted by atomic mass is 10.2. The molecule has 1 N–H and O–H groups in total. The Morgan fingerprint density at radius 1 is 1.07 bits per heavy atom. The Hall–Kier alpha value is -2.42. The fourth-order valence-electron chi connectivity index (χ4n) is 3.03. The van der Waals surface area contributed by atoms with Crippen LogP contribution in [0.25, 0.3) is 0 Å². The van der Waals surface area contributed by atoms with Crippen molar-refractivity contribution >= 4 is 21.6 Å². The monoisotopic (exact) mass is 417 g/mol. The maximum atomic E-state index is 12.9. The molecule has 7 nitrogen and oxygen atoms in total. The molecule has 29 heavy (non-hydrogen) atoms. The quantitative estimate of drug-likeness (QED) is 0.781. The first-order chi connectivity index (χ1) is 13.8. The molecule has 0 radical (unpaired) electrons. The zero-order valence-electron chi connectivity index (χ0n) is 17.0. The third-order valence-corrected chi connectivity index (χ3v) is 6.80. The fraction of sp³-hybridized carbons (Fsp3) is 0.381. The van der Waals surface area contributed by atoms with Crippen molar-refractivity contribution in [3.63, 3.8) is 0 Å². The van der Waals surface area contributed by atoms with Gasteiger partial charge in [0.15, 0.2) is 6.10 Å². The number of carbonyl (C=O) groups is 1. The average molecular weight is 418 g/mol. The summed E-state index contributed by atoms with van der Waals surface area (Å²) in [6.45, 7) is 5.93. The summed E-state index contributed by atoms with van der Waals surface area (Å²) in [5.41, 5.74) is 1.53. The van der Waals surface area contributed by atoms with E-state index < -0.39 is 16.1 Å². The van der Waals surface area contributed by atoms with Crippen molar-refractivity contribution in [2.75, 3.05) is 38.5 Å². The zero-order chi connectivity index (χ0) is 21.0. The molecule has 8 heteroatoms. The lowest BCUT2D eigenvalue weighted by molar-refractivity contribution is -0.122. The van der Waals surface area contributed by atoms with Crippen molar-refractivity contribution in [2.24, 2.45) is 0 Å². The SMILES string of the molecule is Cc1ccc(OC(C)C(=O)Nc2cccc(S(=O)(=O)N3CCN(C)CC3)c2)cc1. The zero-order valence-corrected chi connectivity index (χ0v) is 17.8. The first-order valence-electron chi connectivity index (χ1n) is 9.58. The molecule has 1 atom stereocenters. The number of sulfonamides is 1. The van der Waals surface area contributed by atoms with Gasteiger partial charge in [-0.3, -0.25) is 4.79 Å². The summed E-state index contributed by atoms with van der Waals surface area (Å²) in [6.07, 6.45) is -0.726. The highest BCUT2D eigenvalue weighted by Crippen LogP contribution is 2.21. The third kappa shape index (κ3) is 5.35. The second-order valence-electron chi connectivity index (χ2n) is 7.30. The first kappa shape index (κ1) is 21.3. The molecule has 1 saturated heterocycles. The molecule has 2 aromatic carbocycles. The van der Waals surface area contributed by atoms with E-state index in [9.17, 15) is 13.2 Å². The van der Waals surface area contributed by atoms with E-state index in [4.69, 9.17) is 4.74 Å². The van der Waals surface area contributed by atoms with E-state index in [0.717, 1.165) is 5.56 Å². The highest BCUT2D eigenvalue weighted by atomic mass is 32.2. The molecule has 156 valence electrons. The van der Waals surface area contributed by atoms with Crippen molar-refractivity contribution < 1.29 is 17.9 Å². The van der Waals surface area contributed by atoms with Crippen LogP contribution in [0.5, 0.6) is 5.75 Å². The smallest absolute Gasteiger partial charge is 0.265 e. The summed E-state index contributed by atoms with van der Waals surface area (Å²) in [5, 5.41) is 2.74. The maximum Gasteiger partial charge on any atom is 0.265 e. The Morgan fingerprint density at radius 3 is 2.38 bits per heavy atom. The Bertz CT molecular complexity index is 952.